The maximum Gasteiger partial charge on any atom is 0.241 e. The van der Waals surface area contributed by atoms with E-state index in [0.717, 1.165) is 0 Å². The van der Waals surface area contributed by atoms with Gasteiger partial charge in [0.1, 0.15) is 11.4 Å². The molecule has 4 rings (SSSR count). The molecule has 0 aromatic heterocycles. The van der Waals surface area contributed by atoms with Crippen LogP contribution in [0.2, 0.25) is 0 Å². The molecule has 1 aromatic carbocycles. The molecule has 0 spiro atoms. The average Bonchev–Trinajstić information content (AvgIpc) is 3.18. The fourth-order valence-corrected chi connectivity index (χ4v) is 3.74. The lowest BCUT2D eigenvalue weighted by molar-refractivity contribution is -0.128. The highest BCUT2D eigenvalue weighted by molar-refractivity contribution is 6.24. The maximum absolute atomic E-state index is 12.8. The third-order valence-electron chi connectivity index (χ3n) is 4.73. The van der Waals surface area contributed by atoms with E-state index in [1.807, 2.05) is 0 Å². The molecule has 2 amide bonds. The van der Waals surface area contributed by atoms with Crippen LogP contribution in [0.4, 0.5) is 5.69 Å². The van der Waals surface area contributed by atoms with Crippen LogP contribution in [-0.2, 0) is 14.3 Å². The molecule has 22 heavy (non-hydrogen) atoms. The lowest BCUT2D eigenvalue weighted by atomic mass is 9.77. The van der Waals surface area contributed by atoms with Crippen molar-refractivity contribution in [3.05, 3.63) is 36.4 Å². The van der Waals surface area contributed by atoms with E-state index in [4.69, 9.17) is 9.47 Å². The van der Waals surface area contributed by atoms with Gasteiger partial charge in [0, 0.05) is 0 Å². The highest BCUT2D eigenvalue weighted by Crippen LogP contribution is 2.52. The van der Waals surface area contributed by atoms with Crippen molar-refractivity contribution in [3.8, 4) is 5.75 Å². The Morgan fingerprint density at radius 2 is 2.09 bits per heavy atom. The summed E-state index contributed by atoms with van der Waals surface area (Å²) in [5.74, 6) is -1.44. The van der Waals surface area contributed by atoms with Gasteiger partial charge >= 0.3 is 0 Å². The van der Waals surface area contributed by atoms with Gasteiger partial charge in [-0.3, -0.25) is 9.59 Å². The van der Waals surface area contributed by atoms with Crippen LogP contribution in [0.1, 0.15) is 0 Å². The van der Waals surface area contributed by atoms with E-state index in [1.54, 1.807) is 36.4 Å². The molecule has 0 radical (unpaired) electrons. The van der Waals surface area contributed by atoms with Crippen molar-refractivity contribution in [1.82, 2.24) is 0 Å². The number of aliphatic hydroxyl groups excluding tert-OH is 1. The number of hydrogen-bond acceptors (Lipinski definition) is 5. The van der Waals surface area contributed by atoms with E-state index in [-0.39, 0.29) is 18.4 Å². The predicted octanol–water partition coefficient (Wildman–Crippen LogP) is 0.500. The Hall–Kier alpha value is -2.18. The Morgan fingerprint density at radius 1 is 1.32 bits per heavy atom. The minimum atomic E-state index is -1.07. The maximum atomic E-state index is 12.8. The van der Waals surface area contributed by atoms with Crippen molar-refractivity contribution >= 4 is 17.5 Å². The Bertz CT molecular complexity index is 700. The fourth-order valence-electron chi connectivity index (χ4n) is 3.74. The average molecular weight is 301 g/mol. The first-order chi connectivity index (χ1) is 10.6. The minimum Gasteiger partial charge on any atom is -0.495 e. The Labute approximate surface area is 126 Å². The number of carbonyl (C=O) groups is 2. The number of fused-ring (bicyclic) bond motifs is 5. The van der Waals surface area contributed by atoms with Gasteiger partial charge in [0.05, 0.1) is 37.3 Å². The van der Waals surface area contributed by atoms with Gasteiger partial charge < -0.3 is 14.6 Å². The first kappa shape index (κ1) is 13.5. The molecule has 2 fully saturated rings. The topological polar surface area (TPSA) is 76.1 Å². The van der Waals surface area contributed by atoms with Crippen LogP contribution in [0.3, 0.4) is 0 Å². The lowest BCUT2D eigenvalue weighted by Crippen LogP contribution is -2.43. The fraction of sp³-hybridized carbons (Fsp3) is 0.375. The lowest BCUT2D eigenvalue weighted by Gasteiger charge is -2.26. The van der Waals surface area contributed by atoms with Crippen molar-refractivity contribution in [1.29, 1.82) is 0 Å². The molecule has 2 saturated heterocycles. The number of aliphatic hydroxyl groups is 1. The second-order valence-corrected chi connectivity index (χ2v) is 5.74. The number of hydrogen-bond donors (Lipinski definition) is 1. The molecule has 1 aromatic rings. The quantitative estimate of drug-likeness (QED) is 0.650. The summed E-state index contributed by atoms with van der Waals surface area (Å²) in [5.41, 5.74) is -0.638. The molecule has 1 N–H and O–H groups in total. The minimum absolute atomic E-state index is 0.302. The molecule has 4 atom stereocenters. The monoisotopic (exact) mass is 301 g/mol. The molecule has 6 nitrogen and oxygen atoms in total. The van der Waals surface area contributed by atoms with Gasteiger partial charge in [-0.25, -0.2) is 4.90 Å². The molecule has 0 aliphatic carbocycles. The normalized spacial score (nSPS) is 35.4. The molecule has 2 bridgehead atoms. The first-order valence-corrected chi connectivity index (χ1v) is 7.12. The summed E-state index contributed by atoms with van der Waals surface area (Å²) in [6.07, 6.45) is 3.01. The summed E-state index contributed by atoms with van der Waals surface area (Å²) in [5, 5.41) is 9.67. The summed E-state index contributed by atoms with van der Waals surface area (Å²) in [6, 6.07) is 6.90. The van der Waals surface area contributed by atoms with Gasteiger partial charge in [-0.05, 0) is 12.1 Å². The van der Waals surface area contributed by atoms with E-state index >= 15 is 0 Å². The highest BCUT2D eigenvalue weighted by Gasteiger charge is 2.67. The zero-order valence-corrected chi connectivity index (χ0v) is 11.9. The van der Waals surface area contributed by atoms with Crippen molar-refractivity contribution in [2.45, 2.75) is 11.7 Å². The van der Waals surface area contributed by atoms with Crippen molar-refractivity contribution < 1.29 is 24.2 Å². The number of ether oxygens (including phenoxy) is 2. The summed E-state index contributed by atoms with van der Waals surface area (Å²) in [7, 11) is 1.49. The van der Waals surface area contributed by atoms with Gasteiger partial charge in [-0.1, -0.05) is 24.3 Å². The largest absolute Gasteiger partial charge is 0.495 e. The number of imide groups is 1. The highest BCUT2D eigenvalue weighted by atomic mass is 16.5. The molecule has 6 heteroatoms. The number of para-hydroxylation sites is 2. The second-order valence-electron chi connectivity index (χ2n) is 5.74. The summed E-state index contributed by atoms with van der Waals surface area (Å²) >= 11 is 0. The summed E-state index contributed by atoms with van der Waals surface area (Å²) in [4.78, 5) is 26.8. The van der Waals surface area contributed by atoms with Crippen LogP contribution >= 0.6 is 0 Å². The van der Waals surface area contributed by atoms with Gasteiger partial charge in [0.15, 0.2) is 0 Å². The van der Waals surface area contributed by atoms with Gasteiger partial charge in [-0.15, -0.1) is 0 Å². The number of carbonyl (C=O) groups excluding carboxylic acids is 2. The molecule has 0 unspecified atom stereocenters. The van der Waals surface area contributed by atoms with Crippen LogP contribution in [-0.4, -0.2) is 42.3 Å². The molecule has 3 heterocycles. The summed E-state index contributed by atoms with van der Waals surface area (Å²) in [6.45, 7) is -0.319. The van der Waals surface area contributed by atoms with Gasteiger partial charge in [-0.2, -0.15) is 0 Å². The molecular formula is C16H15NO5. The van der Waals surface area contributed by atoms with E-state index in [1.165, 1.54) is 12.0 Å². The van der Waals surface area contributed by atoms with E-state index in [9.17, 15) is 14.7 Å². The molecule has 3 aliphatic rings. The van der Waals surface area contributed by atoms with Crippen molar-refractivity contribution in [3.63, 3.8) is 0 Å². The van der Waals surface area contributed by atoms with Crippen LogP contribution in [0, 0.1) is 11.8 Å². The SMILES string of the molecule is COc1ccccc1N1C(=O)[C@H]2[C@@H](C1=O)[C@]1(CO)C=C[C@H]2O1. The number of benzene rings is 1. The number of methoxy groups -OCH3 is 1. The Balaban J connectivity index is 1.80. The van der Waals surface area contributed by atoms with Crippen LogP contribution in [0.25, 0.3) is 0 Å². The predicted molar refractivity (Wildman–Crippen MR) is 76.3 cm³/mol. The van der Waals surface area contributed by atoms with Crippen LogP contribution in [0.15, 0.2) is 36.4 Å². The number of amides is 2. The van der Waals surface area contributed by atoms with E-state index in [2.05, 4.69) is 0 Å². The number of anilines is 1. The third-order valence-corrected chi connectivity index (χ3v) is 4.73. The smallest absolute Gasteiger partial charge is 0.241 e. The third kappa shape index (κ3) is 1.46. The second kappa shape index (κ2) is 4.41. The first-order valence-electron chi connectivity index (χ1n) is 7.12. The molecule has 114 valence electrons. The van der Waals surface area contributed by atoms with E-state index < -0.39 is 23.5 Å². The summed E-state index contributed by atoms with van der Waals surface area (Å²) < 4.78 is 11.0. The standard InChI is InChI=1S/C16H15NO5/c1-21-10-5-3-2-4-9(10)17-14(19)12-11-6-7-16(8-18,22-11)13(12)15(17)20/h2-7,11-13,18H,8H2,1H3/t11-,12-,13+,16-/m1/s1. The molecule has 3 aliphatic heterocycles. The number of rotatable bonds is 3. The van der Waals surface area contributed by atoms with E-state index in [0.29, 0.717) is 11.4 Å². The van der Waals surface area contributed by atoms with Crippen LogP contribution < -0.4 is 9.64 Å². The van der Waals surface area contributed by atoms with Crippen molar-refractivity contribution in [2.24, 2.45) is 11.8 Å². The van der Waals surface area contributed by atoms with Crippen LogP contribution in [0.5, 0.6) is 5.75 Å². The molecular weight excluding hydrogens is 286 g/mol. The number of nitrogens with zero attached hydrogens (tertiary/aromatic N) is 1. The Kier molecular flexibility index (Phi) is 2.70. The van der Waals surface area contributed by atoms with Crippen molar-refractivity contribution in [2.75, 3.05) is 18.6 Å². The van der Waals surface area contributed by atoms with Gasteiger partial charge in [0.25, 0.3) is 0 Å². The molecule has 0 saturated carbocycles. The van der Waals surface area contributed by atoms with Gasteiger partial charge in [0.2, 0.25) is 11.8 Å². The Morgan fingerprint density at radius 3 is 2.82 bits per heavy atom. The zero-order chi connectivity index (χ0) is 15.5. The zero-order valence-electron chi connectivity index (χ0n) is 11.9.